The summed E-state index contributed by atoms with van der Waals surface area (Å²) >= 11 is 0. The summed E-state index contributed by atoms with van der Waals surface area (Å²) in [7, 11) is 0. The Labute approximate surface area is 149 Å². The number of nitrogens with one attached hydrogen (secondary N) is 2. The van der Waals surface area contributed by atoms with Crippen molar-refractivity contribution in [1.82, 2.24) is 10.2 Å². The van der Waals surface area contributed by atoms with Crippen LogP contribution in [0, 0.1) is 5.41 Å². The summed E-state index contributed by atoms with van der Waals surface area (Å²) in [4.78, 5) is 14.2. The van der Waals surface area contributed by atoms with E-state index in [-0.39, 0.29) is 5.91 Å². The first-order chi connectivity index (χ1) is 11.8. The Balaban J connectivity index is 2.00. The number of hydrogen-bond acceptors (Lipinski definition) is 5. The van der Waals surface area contributed by atoms with Crippen LogP contribution in [0.15, 0.2) is 36.4 Å². The molecule has 0 aliphatic rings. The highest BCUT2D eigenvalue weighted by molar-refractivity contribution is 5.93. The third-order valence-electron chi connectivity index (χ3n) is 3.86. The lowest BCUT2D eigenvalue weighted by atomic mass is 9.96. The lowest BCUT2D eigenvalue weighted by molar-refractivity contribution is -0.123. The molecule has 6 nitrogen and oxygen atoms in total. The maximum atomic E-state index is 11.9. The molecule has 1 heterocycles. The Morgan fingerprint density at radius 1 is 0.960 bits per heavy atom. The van der Waals surface area contributed by atoms with E-state index in [1.54, 1.807) is 12.1 Å². The van der Waals surface area contributed by atoms with Gasteiger partial charge in [-0.25, -0.2) is 0 Å². The molecule has 1 amide bonds. The van der Waals surface area contributed by atoms with Crippen molar-refractivity contribution in [2.24, 2.45) is 5.41 Å². The molecule has 0 saturated heterocycles. The van der Waals surface area contributed by atoms with E-state index < -0.39 is 5.41 Å². The molecule has 0 atom stereocenters. The Morgan fingerprint density at radius 2 is 1.52 bits per heavy atom. The average molecular weight is 341 g/mol. The van der Waals surface area contributed by atoms with Crippen molar-refractivity contribution in [1.29, 1.82) is 0 Å². The molecule has 1 aromatic heterocycles. The second-order valence-corrected chi connectivity index (χ2v) is 6.85. The molecule has 0 fully saturated rings. The Morgan fingerprint density at radius 3 is 2.00 bits per heavy atom. The van der Waals surface area contributed by atoms with Crippen LogP contribution < -0.4 is 15.5 Å². The number of hydrogen-bond donors (Lipinski definition) is 2. The lowest BCUT2D eigenvalue weighted by Crippen LogP contribution is -2.28. The van der Waals surface area contributed by atoms with Crippen LogP contribution in [0.1, 0.15) is 34.6 Å². The molecule has 0 bridgehead atoms. The molecule has 0 spiro atoms. The Hall–Kier alpha value is -2.63. The quantitative estimate of drug-likeness (QED) is 0.829. The monoisotopic (exact) mass is 341 g/mol. The van der Waals surface area contributed by atoms with Crippen LogP contribution in [0.2, 0.25) is 0 Å². The highest BCUT2D eigenvalue weighted by Crippen LogP contribution is 2.21. The number of carbonyl (C=O) groups excluding carboxylic acids is 1. The topological polar surface area (TPSA) is 70.2 Å². The van der Waals surface area contributed by atoms with Crippen molar-refractivity contribution in [3.8, 4) is 0 Å². The molecule has 0 radical (unpaired) electrons. The molecule has 2 aromatic rings. The van der Waals surface area contributed by atoms with Gasteiger partial charge in [-0.3, -0.25) is 4.79 Å². The number of benzene rings is 1. The molecular formula is C19H27N5O. The normalized spacial score (nSPS) is 11.1. The fourth-order valence-electron chi connectivity index (χ4n) is 2.26. The standard InChI is InChI=1S/C19H27N5O/c1-6-24(7-2)15-10-8-14(9-11-15)20-16-12-13-17(23-22-16)21-18(25)19(3,4)5/h8-13H,6-7H2,1-5H3,(H,20,22)(H,21,23,25). The molecule has 2 rings (SSSR count). The van der Waals surface area contributed by atoms with Crippen LogP contribution in [-0.2, 0) is 4.79 Å². The average Bonchev–Trinajstić information content (AvgIpc) is 2.58. The van der Waals surface area contributed by atoms with Crippen LogP contribution in [0.4, 0.5) is 23.0 Å². The first-order valence-corrected chi connectivity index (χ1v) is 8.60. The third kappa shape index (κ3) is 5.17. The summed E-state index contributed by atoms with van der Waals surface area (Å²) in [6, 6.07) is 11.7. The summed E-state index contributed by atoms with van der Waals surface area (Å²) in [6.45, 7) is 11.8. The number of anilines is 4. The van der Waals surface area contributed by atoms with Gasteiger partial charge in [0, 0.05) is 29.9 Å². The van der Waals surface area contributed by atoms with Gasteiger partial charge in [-0.1, -0.05) is 20.8 Å². The van der Waals surface area contributed by atoms with E-state index in [0.717, 1.165) is 18.8 Å². The Bertz CT molecular complexity index is 685. The lowest BCUT2D eigenvalue weighted by Gasteiger charge is -2.21. The second-order valence-electron chi connectivity index (χ2n) is 6.85. The first-order valence-electron chi connectivity index (χ1n) is 8.60. The van der Waals surface area contributed by atoms with Gasteiger partial charge in [0.1, 0.15) is 0 Å². The zero-order valence-electron chi connectivity index (χ0n) is 15.6. The van der Waals surface area contributed by atoms with Crippen LogP contribution >= 0.6 is 0 Å². The fraction of sp³-hybridized carbons (Fsp3) is 0.421. The van der Waals surface area contributed by atoms with Crippen molar-refractivity contribution >= 4 is 28.9 Å². The predicted molar refractivity (Wildman–Crippen MR) is 103 cm³/mol. The van der Waals surface area contributed by atoms with Crippen molar-refractivity contribution in [2.75, 3.05) is 28.6 Å². The van der Waals surface area contributed by atoms with Gasteiger partial charge >= 0.3 is 0 Å². The van der Waals surface area contributed by atoms with Crippen molar-refractivity contribution in [3.05, 3.63) is 36.4 Å². The van der Waals surface area contributed by atoms with Gasteiger partial charge in [0.2, 0.25) is 5.91 Å². The summed E-state index contributed by atoms with van der Waals surface area (Å²) in [6.07, 6.45) is 0. The number of aromatic nitrogens is 2. The number of amides is 1. The van der Waals surface area contributed by atoms with Crippen LogP contribution in [0.25, 0.3) is 0 Å². The van der Waals surface area contributed by atoms with Crippen LogP contribution in [0.5, 0.6) is 0 Å². The summed E-state index contributed by atoms with van der Waals surface area (Å²) < 4.78 is 0. The molecule has 2 N–H and O–H groups in total. The molecule has 0 unspecified atom stereocenters. The summed E-state index contributed by atoms with van der Waals surface area (Å²) in [5.41, 5.74) is 1.67. The smallest absolute Gasteiger partial charge is 0.230 e. The molecule has 0 saturated carbocycles. The highest BCUT2D eigenvalue weighted by Gasteiger charge is 2.21. The van der Waals surface area contributed by atoms with E-state index in [2.05, 4.69) is 51.7 Å². The van der Waals surface area contributed by atoms with Gasteiger partial charge < -0.3 is 15.5 Å². The van der Waals surface area contributed by atoms with Crippen molar-refractivity contribution in [3.63, 3.8) is 0 Å². The molecule has 0 aliphatic heterocycles. The molecule has 25 heavy (non-hydrogen) atoms. The zero-order chi connectivity index (χ0) is 18.4. The second kappa shape index (κ2) is 7.96. The fourth-order valence-corrected chi connectivity index (χ4v) is 2.26. The van der Waals surface area contributed by atoms with Gasteiger partial charge in [-0.15, -0.1) is 10.2 Å². The number of rotatable bonds is 6. The molecule has 6 heteroatoms. The van der Waals surface area contributed by atoms with Gasteiger partial charge in [0.05, 0.1) is 0 Å². The minimum atomic E-state index is -0.467. The summed E-state index contributed by atoms with van der Waals surface area (Å²) in [5, 5.41) is 14.1. The van der Waals surface area contributed by atoms with E-state index >= 15 is 0 Å². The van der Waals surface area contributed by atoms with Gasteiger partial charge in [-0.05, 0) is 50.2 Å². The summed E-state index contributed by atoms with van der Waals surface area (Å²) in [5.74, 6) is 0.987. The van der Waals surface area contributed by atoms with Crippen molar-refractivity contribution in [2.45, 2.75) is 34.6 Å². The molecule has 0 aliphatic carbocycles. The highest BCUT2D eigenvalue weighted by atomic mass is 16.2. The molecule has 1 aromatic carbocycles. The molecule has 134 valence electrons. The van der Waals surface area contributed by atoms with Crippen molar-refractivity contribution < 1.29 is 4.79 Å². The van der Waals surface area contributed by atoms with E-state index in [9.17, 15) is 4.79 Å². The third-order valence-corrected chi connectivity index (χ3v) is 3.86. The Kier molecular flexibility index (Phi) is 5.96. The van der Waals surface area contributed by atoms with E-state index in [4.69, 9.17) is 0 Å². The van der Waals surface area contributed by atoms with Gasteiger partial charge in [-0.2, -0.15) is 0 Å². The maximum absolute atomic E-state index is 11.9. The maximum Gasteiger partial charge on any atom is 0.230 e. The largest absolute Gasteiger partial charge is 0.372 e. The SMILES string of the molecule is CCN(CC)c1ccc(Nc2ccc(NC(=O)C(C)(C)C)nn2)cc1. The minimum Gasteiger partial charge on any atom is -0.372 e. The van der Waals surface area contributed by atoms with Gasteiger partial charge in [0.15, 0.2) is 11.6 Å². The van der Waals surface area contributed by atoms with Crippen LogP contribution in [-0.4, -0.2) is 29.2 Å². The minimum absolute atomic E-state index is 0.0884. The first kappa shape index (κ1) is 18.7. The van der Waals surface area contributed by atoms with E-state index in [1.165, 1.54) is 5.69 Å². The van der Waals surface area contributed by atoms with E-state index in [0.29, 0.717) is 11.6 Å². The zero-order valence-corrected chi connectivity index (χ0v) is 15.6. The number of nitrogens with zero attached hydrogens (tertiary/aromatic N) is 3. The van der Waals surface area contributed by atoms with Gasteiger partial charge in [0.25, 0.3) is 0 Å². The predicted octanol–water partition coefficient (Wildman–Crippen LogP) is 4.05. The number of carbonyl (C=O) groups is 1. The van der Waals surface area contributed by atoms with Crippen LogP contribution in [0.3, 0.4) is 0 Å². The molecular weight excluding hydrogens is 314 g/mol. The van der Waals surface area contributed by atoms with E-state index in [1.807, 2.05) is 32.9 Å².